The van der Waals surface area contributed by atoms with Crippen LogP contribution in [0.2, 0.25) is 0 Å². The Morgan fingerprint density at radius 2 is 2.13 bits per heavy atom. The highest BCUT2D eigenvalue weighted by Gasteiger charge is 2.45. The van der Waals surface area contributed by atoms with E-state index in [1.165, 1.54) is 0 Å². The van der Waals surface area contributed by atoms with Crippen molar-refractivity contribution in [2.45, 2.75) is 37.3 Å². The summed E-state index contributed by atoms with van der Waals surface area (Å²) in [6.45, 7) is 0. The molecule has 23 heavy (non-hydrogen) atoms. The molecule has 2 aromatic rings. The second-order valence-electron chi connectivity index (χ2n) is 6.47. The number of carbonyl (C=O) groups excluding carboxylic acids is 1. The molecule has 0 radical (unpaired) electrons. The first-order chi connectivity index (χ1) is 11.0. The van der Waals surface area contributed by atoms with Crippen LogP contribution in [0.25, 0.3) is 10.9 Å². The van der Waals surface area contributed by atoms with Crippen LogP contribution in [0.5, 0.6) is 0 Å². The van der Waals surface area contributed by atoms with Crippen molar-refractivity contribution in [3.8, 4) is 0 Å². The van der Waals surface area contributed by atoms with E-state index in [4.69, 9.17) is 5.73 Å². The molecular weight excluding hydrogens is 290 g/mol. The van der Waals surface area contributed by atoms with E-state index in [-0.39, 0.29) is 11.9 Å². The Bertz CT molecular complexity index is 717. The molecule has 1 aliphatic carbocycles. The van der Waals surface area contributed by atoms with Gasteiger partial charge in [-0.3, -0.25) is 10.1 Å². The number of para-hydroxylation sites is 1. The molecule has 0 bridgehead atoms. The Labute approximate surface area is 136 Å². The average molecular weight is 313 g/mol. The molecule has 3 N–H and O–H groups in total. The SMILES string of the molecule is CN(C)C1CCCCC1(N)C(=O)Nc1ncc2ccccc2n1. The summed E-state index contributed by atoms with van der Waals surface area (Å²) < 4.78 is 0. The van der Waals surface area contributed by atoms with Crippen molar-refractivity contribution in [3.05, 3.63) is 30.5 Å². The van der Waals surface area contributed by atoms with Crippen LogP contribution in [0.4, 0.5) is 5.95 Å². The Morgan fingerprint density at radius 3 is 2.91 bits per heavy atom. The summed E-state index contributed by atoms with van der Waals surface area (Å²) in [5.41, 5.74) is 6.40. The number of fused-ring (bicyclic) bond motifs is 1. The molecule has 0 aliphatic heterocycles. The first-order valence-electron chi connectivity index (χ1n) is 7.99. The largest absolute Gasteiger partial charge is 0.316 e. The molecule has 1 amide bonds. The summed E-state index contributed by atoms with van der Waals surface area (Å²) in [5, 5.41) is 3.76. The van der Waals surface area contributed by atoms with Gasteiger partial charge in [0.1, 0.15) is 5.54 Å². The van der Waals surface area contributed by atoms with Gasteiger partial charge in [0.25, 0.3) is 0 Å². The van der Waals surface area contributed by atoms with E-state index in [9.17, 15) is 4.79 Å². The summed E-state index contributed by atoms with van der Waals surface area (Å²) in [5.74, 6) is 0.104. The Hall–Kier alpha value is -2.05. The number of hydrogen-bond donors (Lipinski definition) is 2. The third kappa shape index (κ3) is 3.04. The molecule has 1 heterocycles. The number of rotatable bonds is 3. The van der Waals surface area contributed by atoms with Crippen molar-refractivity contribution in [2.75, 3.05) is 19.4 Å². The van der Waals surface area contributed by atoms with Crippen molar-refractivity contribution in [3.63, 3.8) is 0 Å². The highest BCUT2D eigenvalue weighted by molar-refractivity contribution is 5.98. The van der Waals surface area contributed by atoms with Gasteiger partial charge in [-0.15, -0.1) is 0 Å². The lowest BCUT2D eigenvalue weighted by Crippen LogP contribution is -2.65. The van der Waals surface area contributed by atoms with Gasteiger partial charge in [0, 0.05) is 17.6 Å². The predicted molar refractivity (Wildman–Crippen MR) is 91.0 cm³/mol. The molecule has 2 atom stereocenters. The fourth-order valence-corrected chi connectivity index (χ4v) is 3.41. The maximum Gasteiger partial charge on any atom is 0.248 e. The molecule has 6 heteroatoms. The Morgan fingerprint density at radius 1 is 1.35 bits per heavy atom. The number of hydrogen-bond acceptors (Lipinski definition) is 5. The molecule has 1 aromatic heterocycles. The van der Waals surface area contributed by atoms with Gasteiger partial charge >= 0.3 is 0 Å². The quantitative estimate of drug-likeness (QED) is 0.902. The van der Waals surface area contributed by atoms with Gasteiger partial charge < -0.3 is 10.6 Å². The van der Waals surface area contributed by atoms with E-state index in [1.807, 2.05) is 43.3 Å². The van der Waals surface area contributed by atoms with Crippen LogP contribution < -0.4 is 11.1 Å². The molecule has 1 saturated carbocycles. The van der Waals surface area contributed by atoms with Crippen LogP contribution in [-0.4, -0.2) is 46.5 Å². The molecule has 122 valence electrons. The zero-order chi connectivity index (χ0) is 16.4. The van der Waals surface area contributed by atoms with Crippen LogP contribution in [0.1, 0.15) is 25.7 Å². The van der Waals surface area contributed by atoms with Crippen molar-refractivity contribution < 1.29 is 4.79 Å². The minimum atomic E-state index is -0.906. The van der Waals surface area contributed by atoms with Crippen LogP contribution in [0.15, 0.2) is 30.5 Å². The highest BCUT2D eigenvalue weighted by Crippen LogP contribution is 2.30. The number of amides is 1. The van der Waals surface area contributed by atoms with Crippen LogP contribution >= 0.6 is 0 Å². The number of nitrogens with two attached hydrogens (primary N) is 1. The molecular formula is C17H23N5O. The Balaban J connectivity index is 1.83. The monoisotopic (exact) mass is 313 g/mol. The maximum absolute atomic E-state index is 12.8. The second-order valence-corrected chi connectivity index (χ2v) is 6.47. The Kier molecular flexibility index (Phi) is 4.28. The van der Waals surface area contributed by atoms with Gasteiger partial charge in [-0.1, -0.05) is 31.0 Å². The fraction of sp³-hybridized carbons (Fsp3) is 0.471. The van der Waals surface area contributed by atoms with E-state index in [1.54, 1.807) is 6.20 Å². The number of carbonyl (C=O) groups is 1. The smallest absolute Gasteiger partial charge is 0.248 e. The van der Waals surface area contributed by atoms with Gasteiger partial charge in [-0.05, 0) is 33.0 Å². The average Bonchev–Trinajstić information content (AvgIpc) is 2.55. The van der Waals surface area contributed by atoms with E-state index in [0.717, 1.165) is 30.2 Å². The number of nitrogens with one attached hydrogen (secondary N) is 1. The molecule has 1 aromatic carbocycles. The van der Waals surface area contributed by atoms with Crippen LogP contribution in [0.3, 0.4) is 0 Å². The van der Waals surface area contributed by atoms with Gasteiger partial charge in [0.2, 0.25) is 11.9 Å². The van der Waals surface area contributed by atoms with Gasteiger partial charge in [-0.25, -0.2) is 9.97 Å². The van der Waals surface area contributed by atoms with Gasteiger partial charge in [0.05, 0.1) is 5.52 Å². The molecule has 3 rings (SSSR count). The molecule has 1 aliphatic rings. The molecule has 0 spiro atoms. The van der Waals surface area contributed by atoms with Gasteiger partial charge in [0.15, 0.2) is 0 Å². The number of likely N-dealkylation sites (N-methyl/N-ethyl adjacent to an activating group) is 1. The number of anilines is 1. The third-order valence-corrected chi connectivity index (χ3v) is 4.67. The minimum absolute atomic E-state index is 0.0247. The fourth-order valence-electron chi connectivity index (χ4n) is 3.41. The molecule has 0 saturated heterocycles. The maximum atomic E-state index is 12.8. The zero-order valence-corrected chi connectivity index (χ0v) is 13.6. The first kappa shape index (κ1) is 15.8. The third-order valence-electron chi connectivity index (χ3n) is 4.67. The predicted octanol–water partition coefficient (Wildman–Crippen LogP) is 1.77. The molecule has 1 fully saturated rings. The first-order valence-corrected chi connectivity index (χ1v) is 7.99. The van der Waals surface area contributed by atoms with Gasteiger partial charge in [-0.2, -0.15) is 0 Å². The lowest BCUT2D eigenvalue weighted by molar-refractivity contribution is -0.124. The summed E-state index contributed by atoms with van der Waals surface area (Å²) in [6.07, 6.45) is 5.38. The van der Waals surface area contributed by atoms with E-state index in [0.29, 0.717) is 12.4 Å². The van der Waals surface area contributed by atoms with Crippen LogP contribution in [0, 0.1) is 0 Å². The van der Waals surface area contributed by atoms with Crippen molar-refractivity contribution >= 4 is 22.8 Å². The highest BCUT2D eigenvalue weighted by atomic mass is 16.2. The normalized spacial score (nSPS) is 24.8. The van der Waals surface area contributed by atoms with Crippen molar-refractivity contribution in [1.82, 2.24) is 14.9 Å². The van der Waals surface area contributed by atoms with Crippen molar-refractivity contribution in [2.24, 2.45) is 5.73 Å². The summed E-state index contributed by atoms with van der Waals surface area (Å²) >= 11 is 0. The number of nitrogens with zero attached hydrogens (tertiary/aromatic N) is 3. The number of benzene rings is 1. The van der Waals surface area contributed by atoms with Crippen LogP contribution in [-0.2, 0) is 4.79 Å². The summed E-state index contributed by atoms with van der Waals surface area (Å²) in [4.78, 5) is 23.5. The summed E-state index contributed by atoms with van der Waals surface area (Å²) in [7, 11) is 3.94. The lowest BCUT2D eigenvalue weighted by Gasteiger charge is -2.43. The molecule has 2 unspecified atom stereocenters. The zero-order valence-electron chi connectivity index (χ0n) is 13.6. The minimum Gasteiger partial charge on any atom is -0.316 e. The molecule has 6 nitrogen and oxygen atoms in total. The standard InChI is InChI=1S/C17H23N5O/c1-22(2)14-9-5-6-10-17(14,18)15(23)21-16-19-11-12-7-3-4-8-13(12)20-16/h3-4,7-8,11,14H,5-6,9-10,18H2,1-2H3,(H,19,20,21,23). The number of aromatic nitrogens is 2. The van der Waals surface area contributed by atoms with E-state index in [2.05, 4.69) is 15.3 Å². The lowest BCUT2D eigenvalue weighted by atomic mass is 9.77. The second kappa shape index (κ2) is 6.22. The van der Waals surface area contributed by atoms with E-state index >= 15 is 0 Å². The topological polar surface area (TPSA) is 84.1 Å². The van der Waals surface area contributed by atoms with Crippen molar-refractivity contribution in [1.29, 1.82) is 0 Å². The van der Waals surface area contributed by atoms with E-state index < -0.39 is 5.54 Å². The summed E-state index contributed by atoms with van der Waals surface area (Å²) in [6, 6.07) is 7.71.